The molecule has 13 heavy (non-hydrogen) atoms. The van der Waals surface area contributed by atoms with Crippen LogP contribution in [0, 0.1) is 0 Å². The van der Waals surface area contributed by atoms with Gasteiger partial charge in [-0.2, -0.15) is 0 Å². The van der Waals surface area contributed by atoms with E-state index in [9.17, 15) is 9.59 Å². The highest BCUT2D eigenvalue weighted by molar-refractivity contribution is 5.90. The molecule has 0 unspecified atom stereocenters. The lowest BCUT2D eigenvalue weighted by Crippen LogP contribution is -2.10. The van der Waals surface area contributed by atoms with E-state index in [1.54, 1.807) is 6.92 Å². The summed E-state index contributed by atoms with van der Waals surface area (Å²) < 4.78 is 0. The molecule has 0 aromatic carbocycles. The Kier molecular flexibility index (Phi) is 7.62. The van der Waals surface area contributed by atoms with Gasteiger partial charge in [0.05, 0.1) is 0 Å². The Labute approximate surface area is 78.3 Å². The lowest BCUT2D eigenvalue weighted by Gasteiger charge is -1.81. The van der Waals surface area contributed by atoms with Crippen molar-refractivity contribution in [3.05, 3.63) is 23.8 Å². The van der Waals surface area contributed by atoms with Crippen molar-refractivity contribution in [3.63, 3.8) is 0 Å². The van der Waals surface area contributed by atoms with Crippen LogP contribution in [0.5, 0.6) is 0 Å². The van der Waals surface area contributed by atoms with Crippen LogP contribution in [0.4, 0.5) is 0 Å². The maximum atomic E-state index is 9.96. The van der Waals surface area contributed by atoms with Crippen molar-refractivity contribution in [2.24, 2.45) is 11.5 Å². The largest absolute Gasteiger partial charge is 0.366 e. The summed E-state index contributed by atoms with van der Waals surface area (Å²) in [5, 5.41) is 0. The third-order valence-corrected chi connectivity index (χ3v) is 0.852. The molecule has 0 spiro atoms. The first kappa shape index (κ1) is 14.0. The molecule has 0 saturated heterocycles. The van der Waals surface area contributed by atoms with E-state index < -0.39 is 5.91 Å². The highest BCUT2D eigenvalue weighted by Crippen LogP contribution is 1.84. The maximum Gasteiger partial charge on any atom is 0.243 e. The number of hydrogen-bond acceptors (Lipinski definition) is 2. The average molecular weight is 184 g/mol. The molecule has 0 aromatic rings. The molecule has 0 saturated carbocycles. The second-order valence-electron chi connectivity index (χ2n) is 2.77. The fourth-order valence-electron chi connectivity index (χ4n) is 0.285. The minimum atomic E-state index is -0.435. The highest BCUT2D eigenvalue weighted by Gasteiger charge is 1.86. The molecule has 4 nitrogen and oxygen atoms in total. The van der Waals surface area contributed by atoms with Gasteiger partial charge in [0.15, 0.2) is 0 Å². The van der Waals surface area contributed by atoms with E-state index in [1.807, 2.05) is 13.8 Å². The van der Waals surface area contributed by atoms with Gasteiger partial charge in [-0.1, -0.05) is 12.2 Å². The van der Waals surface area contributed by atoms with Crippen LogP contribution >= 0.6 is 0 Å². The van der Waals surface area contributed by atoms with Crippen LogP contribution < -0.4 is 11.5 Å². The van der Waals surface area contributed by atoms with Crippen LogP contribution in [0.2, 0.25) is 0 Å². The van der Waals surface area contributed by atoms with Crippen molar-refractivity contribution >= 4 is 11.8 Å². The van der Waals surface area contributed by atoms with Crippen molar-refractivity contribution in [3.8, 4) is 0 Å². The second-order valence-corrected chi connectivity index (χ2v) is 2.77. The average Bonchev–Trinajstić information content (AvgIpc) is 1.84. The van der Waals surface area contributed by atoms with Crippen molar-refractivity contribution in [2.45, 2.75) is 20.8 Å². The predicted molar refractivity (Wildman–Crippen MR) is 52.6 cm³/mol. The zero-order chi connectivity index (χ0) is 11.0. The van der Waals surface area contributed by atoms with E-state index in [2.05, 4.69) is 6.58 Å². The van der Waals surface area contributed by atoms with E-state index in [0.717, 1.165) is 5.57 Å². The quantitative estimate of drug-likeness (QED) is 0.612. The van der Waals surface area contributed by atoms with E-state index >= 15 is 0 Å². The number of amides is 2. The lowest BCUT2D eigenvalue weighted by molar-refractivity contribution is -0.115. The number of nitrogens with two attached hydrogens (primary N) is 2. The van der Waals surface area contributed by atoms with E-state index in [4.69, 9.17) is 11.5 Å². The molecule has 0 fully saturated rings. The summed E-state index contributed by atoms with van der Waals surface area (Å²) in [5.41, 5.74) is 10.8. The van der Waals surface area contributed by atoms with Crippen LogP contribution in [0.1, 0.15) is 20.8 Å². The zero-order valence-electron chi connectivity index (χ0n) is 8.26. The molecular weight excluding hydrogens is 168 g/mol. The number of hydrogen-bond donors (Lipinski definition) is 2. The number of allylic oxidation sites excluding steroid dienone is 1. The topological polar surface area (TPSA) is 86.2 Å². The van der Waals surface area contributed by atoms with Gasteiger partial charge in [0.2, 0.25) is 11.8 Å². The number of primary amides is 2. The molecule has 0 aromatic heterocycles. The molecule has 4 N–H and O–H groups in total. The maximum absolute atomic E-state index is 9.96. The monoisotopic (exact) mass is 184 g/mol. The molecule has 0 bridgehead atoms. The van der Waals surface area contributed by atoms with E-state index in [1.165, 1.54) is 6.08 Å². The van der Waals surface area contributed by atoms with Crippen LogP contribution in [0.3, 0.4) is 0 Å². The summed E-state index contributed by atoms with van der Waals surface area (Å²) in [6.45, 7) is 8.50. The van der Waals surface area contributed by atoms with E-state index in [0.29, 0.717) is 5.57 Å². The van der Waals surface area contributed by atoms with Crippen LogP contribution in [-0.2, 0) is 9.59 Å². The third-order valence-electron chi connectivity index (χ3n) is 0.852. The van der Waals surface area contributed by atoms with Crippen molar-refractivity contribution in [1.82, 2.24) is 0 Å². The van der Waals surface area contributed by atoms with E-state index in [-0.39, 0.29) is 5.91 Å². The summed E-state index contributed by atoms with van der Waals surface area (Å²) in [6.07, 6.45) is 1.39. The summed E-state index contributed by atoms with van der Waals surface area (Å²) in [5.74, 6) is -0.810. The summed E-state index contributed by atoms with van der Waals surface area (Å²) >= 11 is 0. The van der Waals surface area contributed by atoms with Gasteiger partial charge >= 0.3 is 0 Å². The standard InChI is InChI=1S/C5H9NO.C4H7NO/c1-4(2)3-5(6)7;1-3(2)4(5)6/h3H,1-2H3,(H2,6,7);1H2,2H3,(H2,5,6). The smallest absolute Gasteiger partial charge is 0.243 e. The van der Waals surface area contributed by atoms with Gasteiger partial charge in [-0.3, -0.25) is 9.59 Å². The lowest BCUT2D eigenvalue weighted by atomic mass is 10.3. The predicted octanol–water partition coefficient (Wildman–Crippen LogP) is 0.486. The van der Waals surface area contributed by atoms with Gasteiger partial charge in [0.1, 0.15) is 0 Å². The second kappa shape index (κ2) is 7.09. The Bertz CT molecular complexity index is 226. The van der Waals surface area contributed by atoms with Gasteiger partial charge in [-0.05, 0) is 20.8 Å². The SMILES string of the molecule is C=C(C)C(N)=O.CC(C)=CC(N)=O. The first-order valence-corrected chi connectivity index (χ1v) is 3.67. The van der Waals surface area contributed by atoms with Crippen molar-refractivity contribution in [1.29, 1.82) is 0 Å². The molecule has 2 amide bonds. The minimum absolute atomic E-state index is 0.375. The highest BCUT2D eigenvalue weighted by atomic mass is 16.1. The summed E-state index contributed by atoms with van der Waals surface area (Å²) in [7, 11) is 0. The molecule has 4 heteroatoms. The molecule has 0 aliphatic heterocycles. The summed E-state index contributed by atoms with van der Waals surface area (Å²) in [6, 6.07) is 0. The molecule has 0 radical (unpaired) electrons. The summed E-state index contributed by atoms with van der Waals surface area (Å²) in [4.78, 5) is 19.8. The van der Waals surface area contributed by atoms with Crippen LogP contribution in [0.25, 0.3) is 0 Å². The Morgan fingerprint density at radius 2 is 1.46 bits per heavy atom. The minimum Gasteiger partial charge on any atom is -0.366 e. The van der Waals surface area contributed by atoms with Gasteiger partial charge in [-0.25, -0.2) is 0 Å². The molecule has 74 valence electrons. The number of carbonyl (C=O) groups excluding carboxylic acids is 2. The number of carbonyl (C=O) groups is 2. The Morgan fingerprint density at radius 3 is 1.46 bits per heavy atom. The Hall–Kier alpha value is -1.58. The van der Waals surface area contributed by atoms with Gasteiger partial charge in [0.25, 0.3) is 0 Å². The van der Waals surface area contributed by atoms with Gasteiger partial charge in [0, 0.05) is 11.6 Å². The molecule has 0 aliphatic carbocycles. The van der Waals surface area contributed by atoms with Crippen LogP contribution in [-0.4, -0.2) is 11.8 Å². The van der Waals surface area contributed by atoms with Crippen molar-refractivity contribution in [2.75, 3.05) is 0 Å². The first-order valence-electron chi connectivity index (χ1n) is 3.67. The normalized spacial score (nSPS) is 7.62. The first-order chi connectivity index (χ1) is 5.77. The Morgan fingerprint density at radius 1 is 1.15 bits per heavy atom. The molecule has 0 rings (SSSR count). The van der Waals surface area contributed by atoms with Crippen LogP contribution in [0.15, 0.2) is 23.8 Å². The third kappa shape index (κ3) is 17.9. The molecule has 0 aliphatic rings. The fourth-order valence-corrected chi connectivity index (χ4v) is 0.285. The van der Waals surface area contributed by atoms with Crippen molar-refractivity contribution < 1.29 is 9.59 Å². The van der Waals surface area contributed by atoms with Gasteiger partial charge < -0.3 is 11.5 Å². The fraction of sp³-hybridized carbons (Fsp3) is 0.333. The Balaban J connectivity index is 0. The zero-order valence-corrected chi connectivity index (χ0v) is 8.26. The van der Waals surface area contributed by atoms with Gasteiger partial charge in [-0.15, -0.1) is 0 Å². The molecular formula is C9H16N2O2. The molecule has 0 atom stereocenters. The number of rotatable bonds is 2. The molecule has 0 heterocycles.